The van der Waals surface area contributed by atoms with Crippen LogP contribution in [0.1, 0.15) is 5.89 Å². The van der Waals surface area contributed by atoms with Gasteiger partial charge in [-0.25, -0.2) is 4.98 Å². The van der Waals surface area contributed by atoms with Gasteiger partial charge in [0.1, 0.15) is 0 Å². The maximum atomic E-state index is 5.87. The van der Waals surface area contributed by atoms with E-state index in [-0.39, 0.29) is 6.54 Å². The largest absolute Gasteiger partial charge is 0.493 e. The number of hydrogen-bond acceptors (Lipinski definition) is 6. The molecule has 0 aliphatic heterocycles. The molecule has 0 atom stereocenters. The van der Waals surface area contributed by atoms with E-state index < -0.39 is 0 Å². The summed E-state index contributed by atoms with van der Waals surface area (Å²) in [4.78, 5) is 8.48. The maximum absolute atomic E-state index is 5.87. The van der Waals surface area contributed by atoms with Crippen molar-refractivity contribution in [2.24, 2.45) is 0 Å². The van der Waals surface area contributed by atoms with Gasteiger partial charge < -0.3 is 19.9 Å². The number of hydrogen-bond donors (Lipinski definition) is 2. The molecule has 7 nitrogen and oxygen atoms in total. The molecule has 0 amide bonds. The Morgan fingerprint density at radius 1 is 1.28 bits per heavy atom. The van der Waals surface area contributed by atoms with Gasteiger partial charge in [0.05, 0.1) is 13.7 Å². The lowest BCUT2D eigenvalue weighted by molar-refractivity contribution is 0.376. The summed E-state index contributed by atoms with van der Waals surface area (Å²) >= 11 is 11.1. The highest BCUT2D eigenvalue weighted by Crippen LogP contribution is 2.20. The number of benzene rings is 1. The molecule has 25 heavy (non-hydrogen) atoms. The number of rotatable bonds is 5. The summed E-state index contributed by atoms with van der Waals surface area (Å²) in [5.74, 6) is 2.00. The molecule has 1 aromatic carbocycles. The van der Waals surface area contributed by atoms with Crippen molar-refractivity contribution in [3.63, 3.8) is 0 Å². The van der Waals surface area contributed by atoms with E-state index in [1.54, 1.807) is 37.6 Å². The number of pyridine rings is 1. The fourth-order valence-corrected chi connectivity index (χ4v) is 2.29. The van der Waals surface area contributed by atoms with Crippen LogP contribution in [0.4, 0.5) is 5.82 Å². The molecular formula is C16H14ClN5O2S. The van der Waals surface area contributed by atoms with Gasteiger partial charge in [-0.3, -0.25) is 0 Å². The fourth-order valence-electron chi connectivity index (χ4n) is 2.00. The quantitative estimate of drug-likeness (QED) is 0.657. The summed E-state index contributed by atoms with van der Waals surface area (Å²) in [6.45, 7) is 0.279. The predicted octanol–water partition coefficient (Wildman–Crippen LogP) is 3.28. The normalized spacial score (nSPS) is 10.3. The van der Waals surface area contributed by atoms with Crippen molar-refractivity contribution in [1.29, 1.82) is 0 Å². The van der Waals surface area contributed by atoms with E-state index in [1.165, 1.54) is 0 Å². The van der Waals surface area contributed by atoms with Crippen molar-refractivity contribution in [1.82, 2.24) is 20.4 Å². The zero-order valence-corrected chi connectivity index (χ0v) is 14.8. The average molecular weight is 376 g/mol. The number of nitrogens with zero attached hydrogens (tertiary/aromatic N) is 3. The third-order valence-electron chi connectivity index (χ3n) is 3.19. The van der Waals surface area contributed by atoms with E-state index in [0.29, 0.717) is 33.4 Å². The molecule has 2 heterocycles. The van der Waals surface area contributed by atoms with Crippen LogP contribution in [0.25, 0.3) is 11.4 Å². The zero-order chi connectivity index (χ0) is 17.6. The molecule has 2 N–H and O–H groups in total. The lowest BCUT2D eigenvalue weighted by atomic mass is 10.2. The van der Waals surface area contributed by atoms with Gasteiger partial charge in [0.25, 0.3) is 0 Å². The Morgan fingerprint density at radius 3 is 2.84 bits per heavy atom. The monoisotopic (exact) mass is 375 g/mol. The summed E-state index contributed by atoms with van der Waals surface area (Å²) in [6, 6.07) is 10.7. The van der Waals surface area contributed by atoms with Crippen molar-refractivity contribution in [3.8, 4) is 17.1 Å². The number of anilines is 1. The third-order valence-corrected chi connectivity index (χ3v) is 3.69. The van der Waals surface area contributed by atoms with Crippen molar-refractivity contribution in [2.45, 2.75) is 6.54 Å². The van der Waals surface area contributed by atoms with Crippen molar-refractivity contribution < 1.29 is 9.26 Å². The number of ether oxygens (including phenoxy) is 1. The average Bonchev–Trinajstić information content (AvgIpc) is 3.10. The minimum atomic E-state index is 0.279. The predicted molar refractivity (Wildman–Crippen MR) is 98.6 cm³/mol. The first-order valence-electron chi connectivity index (χ1n) is 7.28. The molecule has 0 bridgehead atoms. The fraction of sp³-hybridized carbons (Fsp3) is 0.125. The molecule has 0 radical (unpaired) electrons. The van der Waals surface area contributed by atoms with Gasteiger partial charge in [0.15, 0.2) is 16.7 Å². The Hall–Kier alpha value is -2.71. The number of halogens is 1. The minimum absolute atomic E-state index is 0.279. The van der Waals surface area contributed by atoms with Gasteiger partial charge in [-0.05, 0) is 48.6 Å². The number of thiocarbonyl (C=S) groups is 1. The summed E-state index contributed by atoms with van der Waals surface area (Å²) < 4.78 is 10.4. The van der Waals surface area contributed by atoms with Crippen molar-refractivity contribution in [3.05, 3.63) is 53.5 Å². The Labute approximate surface area is 154 Å². The van der Waals surface area contributed by atoms with Crippen molar-refractivity contribution in [2.75, 3.05) is 12.4 Å². The number of aromatic nitrogens is 3. The van der Waals surface area contributed by atoms with Crippen molar-refractivity contribution >= 4 is 34.7 Å². The topological polar surface area (TPSA) is 85.1 Å². The highest BCUT2D eigenvalue weighted by atomic mass is 35.5. The molecule has 0 spiro atoms. The summed E-state index contributed by atoms with van der Waals surface area (Å²) in [6.07, 6.45) is 1.64. The molecule has 0 aliphatic carbocycles. The van der Waals surface area contributed by atoms with Crippen LogP contribution in [0.2, 0.25) is 5.02 Å². The van der Waals surface area contributed by atoms with E-state index in [1.807, 2.05) is 12.1 Å². The molecular weight excluding hydrogens is 362 g/mol. The Balaban J connectivity index is 1.58. The van der Waals surface area contributed by atoms with Crippen LogP contribution in [0.15, 0.2) is 47.1 Å². The van der Waals surface area contributed by atoms with E-state index in [9.17, 15) is 0 Å². The summed E-state index contributed by atoms with van der Waals surface area (Å²) in [5, 5.41) is 10.9. The first kappa shape index (κ1) is 17.1. The molecule has 0 fully saturated rings. The van der Waals surface area contributed by atoms with Crippen LogP contribution >= 0.6 is 23.8 Å². The lowest BCUT2D eigenvalue weighted by Gasteiger charge is -2.10. The van der Waals surface area contributed by atoms with E-state index >= 15 is 0 Å². The minimum Gasteiger partial charge on any atom is -0.493 e. The third kappa shape index (κ3) is 4.43. The first-order chi connectivity index (χ1) is 12.2. The summed E-state index contributed by atoms with van der Waals surface area (Å²) in [7, 11) is 1.56. The van der Waals surface area contributed by atoms with E-state index in [2.05, 4.69) is 25.8 Å². The maximum Gasteiger partial charge on any atom is 0.246 e. The summed E-state index contributed by atoms with van der Waals surface area (Å²) in [5.41, 5.74) is 0.818. The Morgan fingerprint density at radius 2 is 2.08 bits per heavy atom. The molecule has 0 saturated heterocycles. The van der Waals surface area contributed by atoms with Crippen LogP contribution in [0.5, 0.6) is 5.75 Å². The van der Waals surface area contributed by atoms with Crippen LogP contribution in [0.3, 0.4) is 0 Å². The molecule has 2 aromatic heterocycles. The second-order valence-electron chi connectivity index (χ2n) is 4.88. The number of methoxy groups -OCH3 is 1. The molecule has 3 aromatic rings. The van der Waals surface area contributed by atoms with Gasteiger partial charge in [0, 0.05) is 16.8 Å². The van der Waals surface area contributed by atoms with Crippen LogP contribution < -0.4 is 15.4 Å². The lowest BCUT2D eigenvalue weighted by Crippen LogP contribution is -2.28. The first-order valence-corrected chi connectivity index (χ1v) is 8.06. The van der Waals surface area contributed by atoms with Gasteiger partial charge in [-0.15, -0.1) is 0 Å². The van der Waals surface area contributed by atoms with E-state index in [0.717, 1.165) is 5.56 Å². The van der Waals surface area contributed by atoms with Crippen LogP contribution in [-0.4, -0.2) is 27.3 Å². The Bertz CT molecular complexity index is 869. The number of nitrogens with one attached hydrogen (secondary N) is 2. The SMILES string of the molecule is COc1cccnc1NC(=S)NCc1nc(-c2ccc(Cl)cc2)no1. The van der Waals surface area contributed by atoms with Gasteiger partial charge in [-0.1, -0.05) is 16.8 Å². The smallest absolute Gasteiger partial charge is 0.246 e. The molecule has 0 aliphatic rings. The van der Waals surface area contributed by atoms with Gasteiger partial charge in [-0.2, -0.15) is 4.98 Å². The molecule has 3 rings (SSSR count). The van der Waals surface area contributed by atoms with Crippen LogP contribution in [-0.2, 0) is 6.54 Å². The second-order valence-corrected chi connectivity index (χ2v) is 5.73. The zero-order valence-electron chi connectivity index (χ0n) is 13.2. The Kier molecular flexibility index (Phi) is 5.42. The van der Waals surface area contributed by atoms with Crippen LogP contribution in [0, 0.1) is 0 Å². The van der Waals surface area contributed by atoms with Gasteiger partial charge in [0.2, 0.25) is 11.7 Å². The highest BCUT2D eigenvalue weighted by Gasteiger charge is 2.10. The van der Waals surface area contributed by atoms with Gasteiger partial charge >= 0.3 is 0 Å². The molecule has 9 heteroatoms. The highest BCUT2D eigenvalue weighted by molar-refractivity contribution is 7.80. The standard InChI is InChI=1S/C16H14ClN5O2S/c1-23-12-3-2-8-18-15(12)21-16(25)19-9-13-20-14(22-24-13)10-4-6-11(17)7-5-10/h2-8H,9H2,1H3,(H2,18,19,21,25). The molecule has 0 unspecified atom stereocenters. The molecule has 128 valence electrons. The van der Waals surface area contributed by atoms with E-state index in [4.69, 9.17) is 33.1 Å². The second kappa shape index (κ2) is 7.91. The molecule has 0 saturated carbocycles.